The summed E-state index contributed by atoms with van der Waals surface area (Å²) < 4.78 is 0. The van der Waals surface area contributed by atoms with E-state index in [0.717, 1.165) is 12.8 Å². The molecule has 102 valence electrons. The van der Waals surface area contributed by atoms with Gasteiger partial charge in [-0.3, -0.25) is 0 Å². The van der Waals surface area contributed by atoms with Crippen molar-refractivity contribution < 1.29 is 15.0 Å². The quantitative estimate of drug-likeness (QED) is 0.479. The van der Waals surface area contributed by atoms with Crippen LogP contribution in [0.2, 0.25) is 0 Å². The molecule has 0 radical (unpaired) electrons. The van der Waals surface area contributed by atoms with Crippen molar-refractivity contribution in [3.8, 4) is 0 Å². The largest absolute Gasteiger partial charge is 0.396 e. The summed E-state index contributed by atoms with van der Waals surface area (Å²) in [7, 11) is 0. The average molecular weight is 246 g/mol. The maximum absolute atomic E-state index is 11.3. The molecule has 0 saturated carbocycles. The van der Waals surface area contributed by atoms with Crippen molar-refractivity contribution in [2.45, 2.75) is 46.1 Å². The molecular weight excluding hydrogens is 220 g/mol. The number of hydrogen-bond acceptors (Lipinski definition) is 3. The highest BCUT2D eigenvalue weighted by molar-refractivity contribution is 5.73. The van der Waals surface area contributed by atoms with Crippen molar-refractivity contribution in [2.24, 2.45) is 5.41 Å². The highest BCUT2D eigenvalue weighted by atomic mass is 16.3. The number of aliphatic hydroxyl groups is 2. The zero-order valence-electron chi connectivity index (χ0n) is 11.1. The van der Waals surface area contributed by atoms with Gasteiger partial charge in [0.25, 0.3) is 0 Å². The van der Waals surface area contributed by atoms with Crippen molar-refractivity contribution in [1.82, 2.24) is 10.6 Å². The molecular formula is C12H26N2O3. The number of hydrogen-bond donors (Lipinski definition) is 4. The van der Waals surface area contributed by atoms with E-state index in [4.69, 9.17) is 10.2 Å². The van der Waals surface area contributed by atoms with Crippen LogP contribution >= 0.6 is 0 Å². The molecule has 0 rings (SSSR count). The Kier molecular flexibility index (Phi) is 7.91. The molecule has 0 aromatic carbocycles. The fraction of sp³-hybridized carbons (Fsp3) is 0.917. The van der Waals surface area contributed by atoms with Crippen LogP contribution in [-0.2, 0) is 0 Å². The predicted octanol–water partition coefficient (Wildman–Crippen LogP) is 0.855. The Bertz CT molecular complexity index is 218. The Morgan fingerprint density at radius 1 is 1.29 bits per heavy atom. The molecule has 0 saturated heterocycles. The first-order valence-electron chi connectivity index (χ1n) is 6.18. The van der Waals surface area contributed by atoms with Crippen molar-refractivity contribution in [3.05, 3.63) is 0 Å². The van der Waals surface area contributed by atoms with Crippen molar-refractivity contribution in [1.29, 1.82) is 0 Å². The van der Waals surface area contributed by atoms with E-state index < -0.39 is 0 Å². The Morgan fingerprint density at radius 2 is 1.88 bits per heavy atom. The summed E-state index contributed by atoms with van der Waals surface area (Å²) >= 11 is 0. The van der Waals surface area contributed by atoms with Gasteiger partial charge in [-0.2, -0.15) is 0 Å². The van der Waals surface area contributed by atoms with E-state index in [1.165, 1.54) is 0 Å². The first-order valence-corrected chi connectivity index (χ1v) is 6.18. The van der Waals surface area contributed by atoms with Gasteiger partial charge in [-0.25, -0.2) is 4.79 Å². The molecule has 17 heavy (non-hydrogen) atoms. The van der Waals surface area contributed by atoms with Crippen LogP contribution in [-0.4, -0.2) is 42.0 Å². The van der Waals surface area contributed by atoms with Gasteiger partial charge in [0.15, 0.2) is 0 Å². The van der Waals surface area contributed by atoms with E-state index >= 15 is 0 Å². The Labute approximate surface area is 104 Å². The highest BCUT2D eigenvalue weighted by Crippen LogP contribution is 2.20. The zero-order valence-corrected chi connectivity index (χ0v) is 11.1. The third-order valence-corrected chi connectivity index (χ3v) is 2.59. The molecule has 0 bridgehead atoms. The molecule has 0 fully saturated rings. The van der Waals surface area contributed by atoms with Crippen molar-refractivity contribution in [3.63, 3.8) is 0 Å². The van der Waals surface area contributed by atoms with Crippen LogP contribution in [0.5, 0.6) is 0 Å². The maximum Gasteiger partial charge on any atom is 0.314 e. The molecule has 0 aliphatic carbocycles. The zero-order chi connectivity index (χ0) is 13.3. The van der Waals surface area contributed by atoms with Crippen LogP contribution in [0.3, 0.4) is 0 Å². The van der Waals surface area contributed by atoms with Crippen LogP contribution in [0.4, 0.5) is 4.79 Å². The topological polar surface area (TPSA) is 81.6 Å². The number of nitrogens with one attached hydrogen (secondary N) is 2. The van der Waals surface area contributed by atoms with Gasteiger partial charge in [0.05, 0.1) is 6.10 Å². The minimum atomic E-state index is -0.388. The molecule has 5 heteroatoms. The van der Waals surface area contributed by atoms with Gasteiger partial charge >= 0.3 is 6.03 Å². The fourth-order valence-corrected chi connectivity index (χ4v) is 1.31. The van der Waals surface area contributed by atoms with Gasteiger partial charge in [0.2, 0.25) is 0 Å². The molecule has 2 amide bonds. The van der Waals surface area contributed by atoms with Gasteiger partial charge in [-0.15, -0.1) is 0 Å². The number of rotatable bonds is 8. The molecule has 1 atom stereocenters. The number of aliphatic hydroxyl groups excluding tert-OH is 2. The van der Waals surface area contributed by atoms with Gasteiger partial charge in [-0.1, -0.05) is 13.8 Å². The normalized spacial score (nSPS) is 13.2. The van der Waals surface area contributed by atoms with Crippen LogP contribution < -0.4 is 10.6 Å². The SMILES string of the molecule is CC(O)CCNC(=O)NCCCC(C)(C)CO. The summed E-state index contributed by atoms with van der Waals surface area (Å²) in [5, 5.41) is 23.5. The summed E-state index contributed by atoms with van der Waals surface area (Å²) in [5.74, 6) is 0. The number of urea groups is 1. The summed E-state index contributed by atoms with van der Waals surface area (Å²) in [5.41, 5.74) is -0.0789. The van der Waals surface area contributed by atoms with Crippen LogP contribution in [0.15, 0.2) is 0 Å². The van der Waals surface area contributed by atoms with Gasteiger partial charge in [-0.05, 0) is 31.6 Å². The third-order valence-electron chi connectivity index (χ3n) is 2.59. The number of amides is 2. The highest BCUT2D eigenvalue weighted by Gasteiger charge is 2.15. The average Bonchev–Trinajstić information content (AvgIpc) is 2.24. The molecule has 4 N–H and O–H groups in total. The van der Waals surface area contributed by atoms with Crippen LogP contribution in [0.1, 0.15) is 40.0 Å². The third kappa shape index (κ3) is 10.1. The Hall–Kier alpha value is -0.810. The van der Waals surface area contributed by atoms with Gasteiger partial charge in [0.1, 0.15) is 0 Å². The molecule has 0 heterocycles. The van der Waals surface area contributed by atoms with E-state index in [2.05, 4.69) is 10.6 Å². The summed E-state index contributed by atoms with van der Waals surface area (Å²) in [4.78, 5) is 11.3. The lowest BCUT2D eigenvalue weighted by Crippen LogP contribution is -2.37. The number of carbonyl (C=O) groups excluding carboxylic acids is 1. The van der Waals surface area contributed by atoms with Crippen molar-refractivity contribution >= 4 is 6.03 Å². The van der Waals surface area contributed by atoms with E-state index in [9.17, 15) is 4.79 Å². The molecule has 5 nitrogen and oxygen atoms in total. The molecule has 0 aliphatic heterocycles. The second-order valence-electron chi connectivity index (χ2n) is 5.25. The van der Waals surface area contributed by atoms with Gasteiger partial charge < -0.3 is 20.8 Å². The van der Waals surface area contributed by atoms with E-state index in [-0.39, 0.29) is 24.2 Å². The van der Waals surface area contributed by atoms with E-state index in [1.807, 2.05) is 13.8 Å². The Morgan fingerprint density at radius 3 is 2.41 bits per heavy atom. The standard InChI is InChI=1S/C12H26N2O3/c1-10(16)5-8-14-11(17)13-7-4-6-12(2,3)9-15/h10,15-16H,4-9H2,1-3H3,(H2,13,14,17). The minimum absolute atomic E-state index is 0.0789. The van der Waals surface area contributed by atoms with E-state index in [0.29, 0.717) is 19.5 Å². The van der Waals surface area contributed by atoms with Crippen LogP contribution in [0.25, 0.3) is 0 Å². The fourth-order valence-electron chi connectivity index (χ4n) is 1.31. The summed E-state index contributed by atoms with van der Waals surface area (Å²) in [6, 6.07) is -0.201. The monoisotopic (exact) mass is 246 g/mol. The minimum Gasteiger partial charge on any atom is -0.396 e. The van der Waals surface area contributed by atoms with Gasteiger partial charge in [0, 0.05) is 19.7 Å². The maximum atomic E-state index is 11.3. The number of carbonyl (C=O) groups is 1. The Balaban J connectivity index is 3.46. The molecule has 0 aromatic heterocycles. The second-order valence-corrected chi connectivity index (χ2v) is 5.25. The van der Waals surface area contributed by atoms with E-state index in [1.54, 1.807) is 6.92 Å². The molecule has 0 aliphatic rings. The predicted molar refractivity (Wildman–Crippen MR) is 67.8 cm³/mol. The molecule has 1 unspecified atom stereocenters. The van der Waals surface area contributed by atoms with Crippen molar-refractivity contribution in [2.75, 3.05) is 19.7 Å². The lowest BCUT2D eigenvalue weighted by atomic mass is 9.89. The lowest BCUT2D eigenvalue weighted by molar-refractivity contribution is 0.148. The first-order chi connectivity index (χ1) is 7.87. The summed E-state index contributed by atoms with van der Waals surface area (Å²) in [6.45, 7) is 6.92. The smallest absolute Gasteiger partial charge is 0.314 e. The first kappa shape index (κ1) is 16.2. The molecule has 0 aromatic rings. The summed E-state index contributed by atoms with van der Waals surface area (Å²) in [6.07, 6.45) is 1.89. The molecule has 0 spiro atoms. The lowest BCUT2D eigenvalue weighted by Gasteiger charge is -2.21. The van der Waals surface area contributed by atoms with Crippen LogP contribution in [0, 0.1) is 5.41 Å². The second kappa shape index (κ2) is 8.31.